The predicted molar refractivity (Wildman–Crippen MR) is 102 cm³/mol. The number of nitrogens with zero attached hydrogens (tertiary/aromatic N) is 2. The molecule has 2 heterocycles. The van der Waals surface area contributed by atoms with E-state index in [0.29, 0.717) is 5.16 Å². The van der Waals surface area contributed by atoms with Crippen molar-refractivity contribution in [2.45, 2.75) is 5.16 Å². The molecule has 0 aliphatic carbocycles. The number of carbonyl (C=O) groups excluding carboxylic acids is 1. The first-order valence-electron chi connectivity index (χ1n) is 7.35. The van der Waals surface area contributed by atoms with Crippen LogP contribution < -0.4 is 16.6 Å². The number of hydrogen-bond donors (Lipinski definition) is 3. The zero-order valence-corrected chi connectivity index (χ0v) is 15.6. The maximum absolute atomic E-state index is 12.0. The Bertz CT molecular complexity index is 1050. The van der Waals surface area contributed by atoms with Gasteiger partial charge in [0.05, 0.1) is 11.4 Å². The third-order valence-corrected chi connectivity index (χ3v) is 4.59. The first kappa shape index (κ1) is 18.1. The Morgan fingerprint density at radius 2 is 1.96 bits per heavy atom. The van der Waals surface area contributed by atoms with Crippen molar-refractivity contribution in [2.75, 3.05) is 11.1 Å². The zero-order chi connectivity index (χ0) is 18.5. The molecule has 1 amide bonds. The lowest BCUT2D eigenvalue weighted by Gasteiger charge is -2.05. The van der Waals surface area contributed by atoms with Crippen molar-refractivity contribution in [3.05, 3.63) is 68.0 Å². The highest BCUT2D eigenvalue weighted by Gasteiger charge is 2.09. The van der Waals surface area contributed by atoms with E-state index in [1.54, 1.807) is 12.3 Å². The average Bonchev–Trinajstić information content (AvgIpc) is 2.63. The quantitative estimate of drug-likeness (QED) is 0.418. The summed E-state index contributed by atoms with van der Waals surface area (Å²) in [7, 11) is 0. The lowest BCUT2D eigenvalue weighted by Crippen LogP contribution is -2.27. The van der Waals surface area contributed by atoms with Crippen LogP contribution in [-0.4, -0.2) is 31.6 Å². The minimum absolute atomic E-state index is 0.0162. The molecule has 1 aromatic carbocycles. The minimum Gasteiger partial charge on any atom is -0.320 e. The van der Waals surface area contributed by atoms with Crippen LogP contribution in [0.4, 0.5) is 5.69 Å². The van der Waals surface area contributed by atoms with Gasteiger partial charge in [-0.1, -0.05) is 39.8 Å². The van der Waals surface area contributed by atoms with Crippen LogP contribution in [0, 0.1) is 0 Å². The average molecular weight is 434 g/mol. The minimum atomic E-state index is -0.666. The van der Waals surface area contributed by atoms with Crippen LogP contribution in [0.15, 0.2) is 61.9 Å². The summed E-state index contributed by atoms with van der Waals surface area (Å²) >= 11 is 4.53. The number of benzene rings is 1. The van der Waals surface area contributed by atoms with Crippen LogP contribution >= 0.6 is 27.7 Å². The fraction of sp³-hybridized carbons (Fsp3) is 0.0625. The fourth-order valence-corrected chi connectivity index (χ4v) is 2.91. The molecular formula is C16H12BrN5O3S. The molecule has 8 nitrogen and oxygen atoms in total. The van der Waals surface area contributed by atoms with Gasteiger partial charge in [-0.05, 0) is 18.2 Å². The summed E-state index contributed by atoms with van der Waals surface area (Å²) in [5.41, 5.74) is 0.343. The summed E-state index contributed by atoms with van der Waals surface area (Å²) < 4.78 is 0.971. The van der Waals surface area contributed by atoms with E-state index in [1.807, 2.05) is 29.2 Å². The first-order chi connectivity index (χ1) is 12.5. The van der Waals surface area contributed by atoms with Crippen molar-refractivity contribution >= 4 is 39.3 Å². The maximum Gasteiger partial charge on any atom is 0.325 e. The monoisotopic (exact) mass is 433 g/mol. The Morgan fingerprint density at radius 1 is 1.19 bits per heavy atom. The highest BCUT2D eigenvalue weighted by atomic mass is 79.9. The van der Waals surface area contributed by atoms with Gasteiger partial charge < -0.3 is 10.3 Å². The number of aromatic nitrogens is 4. The first-order valence-corrected chi connectivity index (χ1v) is 9.13. The van der Waals surface area contributed by atoms with Crippen LogP contribution in [0.3, 0.4) is 0 Å². The van der Waals surface area contributed by atoms with Gasteiger partial charge in [0.15, 0.2) is 5.16 Å². The van der Waals surface area contributed by atoms with Gasteiger partial charge in [0.2, 0.25) is 5.91 Å². The molecule has 0 bridgehead atoms. The van der Waals surface area contributed by atoms with E-state index in [-0.39, 0.29) is 11.4 Å². The Balaban J connectivity index is 1.65. The molecule has 3 N–H and O–H groups in total. The van der Waals surface area contributed by atoms with Crippen LogP contribution in [0.2, 0.25) is 0 Å². The molecule has 0 spiro atoms. The smallest absolute Gasteiger partial charge is 0.320 e. The van der Waals surface area contributed by atoms with Gasteiger partial charge >= 0.3 is 5.69 Å². The molecule has 0 fully saturated rings. The normalized spacial score (nSPS) is 10.5. The molecule has 0 atom stereocenters. The number of rotatable bonds is 5. The highest BCUT2D eigenvalue weighted by molar-refractivity contribution is 9.10. The van der Waals surface area contributed by atoms with Crippen molar-refractivity contribution in [1.29, 1.82) is 0 Å². The molecule has 2 aromatic heterocycles. The summed E-state index contributed by atoms with van der Waals surface area (Å²) in [5, 5.41) is 2.87. The SMILES string of the molecule is O=C(CSc1nccc(-c2ccc(Br)cc2)n1)Nc1c[nH]c(=O)[nH]c1=O. The van der Waals surface area contributed by atoms with E-state index >= 15 is 0 Å². The van der Waals surface area contributed by atoms with E-state index in [4.69, 9.17) is 0 Å². The molecule has 0 saturated heterocycles. The second-order valence-corrected chi connectivity index (χ2v) is 6.91. The number of hydrogen-bond acceptors (Lipinski definition) is 6. The van der Waals surface area contributed by atoms with Gasteiger partial charge in [-0.2, -0.15) is 0 Å². The number of carbonyl (C=O) groups is 1. The molecule has 0 saturated carbocycles. The molecule has 26 heavy (non-hydrogen) atoms. The number of H-pyrrole nitrogens is 2. The van der Waals surface area contributed by atoms with Gasteiger partial charge in [0, 0.05) is 22.4 Å². The summed E-state index contributed by atoms with van der Waals surface area (Å²) in [6.45, 7) is 0. The Morgan fingerprint density at radius 3 is 2.69 bits per heavy atom. The van der Waals surface area contributed by atoms with Crippen LogP contribution in [0.25, 0.3) is 11.3 Å². The van der Waals surface area contributed by atoms with Crippen molar-refractivity contribution in [2.24, 2.45) is 0 Å². The van der Waals surface area contributed by atoms with Crippen molar-refractivity contribution < 1.29 is 4.79 Å². The Hall–Kier alpha value is -2.72. The predicted octanol–water partition coefficient (Wildman–Crippen LogP) is 2.01. The second kappa shape index (κ2) is 8.11. The number of thioether (sulfide) groups is 1. The van der Waals surface area contributed by atoms with E-state index in [2.05, 4.69) is 36.2 Å². The number of nitrogens with one attached hydrogen (secondary N) is 3. The van der Waals surface area contributed by atoms with E-state index in [0.717, 1.165) is 33.7 Å². The standard InChI is InChI=1S/C16H12BrN5O3S/c17-10-3-1-9(2-4-10)11-5-6-18-16(21-11)26-8-13(23)20-12-7-19-15(25)22-14(12)24/h1-7H,8H2,(H,20,23)(H2,19,22,24,25). The van der Waals surface area contributed by atoms with Gasteiger partial charge in [-0.25, -0.2) is 14.8 Å². The van der Waals surface area contributed by atoms with Crippen LogP contribution in [0.5, 0.6) is 0 Å². The number of aromatic amines is 2. The van der Waals surface area contributed by atoms with E-state index < -0.39 is 17.2 Å². The van der Waals surface area contributed by atoms with Gasteiger partial charge in [-0.15, -0.1) is 0 Å². The van der Waals surface area contributed by atoms with Gasteiger partial charge in [-0.3, -0.25) is 14.6 Å². The highest BCUT2D eigenvalue weighted by Crippen LogP contribution is 2.22. The summed E-state index contributed by atoms with van der Waals surface area (Å²) in [6, 6.07) is 9.47. The van der Waals surface area contributed by atoms with Crippen LogP contribution in [0.1, 0.15) is 0 Å². The van der Waals surface area contributed by atoms with Crippen molar-refractivity contribution in [3.63, 3.8) is 0 Å². The van der Waals surface area contributed by atoms with Gasteiger partial charge in [0.25, 0.3) is 5.56 Å². The topological polar surface area (TPSA) is 121 Å². The number of amides is 1. The lowest BCUT2D eigenvalue weighted by atomic mass is 10.1. The third kappa shape index (κ3) is 4.67. The molecule has 3 rings (SSSR count). The third-order valence-electron chi connectivity index (χ3n) is 3.20. The van der Waals surface area contributed by atoms with Gasteiger partial charge in [0.1, 0.15) is 5.69 Å². The molecule has 0 aliphatic rings. The molecule has 0 radical (unpaired) electrons. The number of anilines is 1. The van der Waals surface area contributed by atoms with Crippen molar-refractivity contribution in [1.82, 2.24) is 19.9 Å². The fourth-order valence-electron chi connectivity index (χ4n) is 2.01. The molecule has 0 unspecified atom stereocenters. The zero-order valence-electron chi connectivity index (χ0n) is 13.2. The van der Waals surface area contributed by atoms with Crippen LogP contribution in [-0.2, 0) is 4.79 Å². The molecule has 10 heteroatoms. The van der Waals surface area contributed by atoms with E-state index in [1.165, 1.54) is 0 Å². The molecule has 3 aromatic rings. The molecule has 0 aliphatic heterocycles. The van der Waals surface area contributed by atoms with Crippen molar-refractivity contribution in [3.8, 4) is 11.3 Å². The number of halogens is 1. The summed E-state index contributed by atoms with van der Waals surface area (Å²) in [6.07, 6.45) is 2.77. The Kier molecular flexibility index (Phi) is 5.64. The lowest BCUT2D eigenvalue weighted by molar-refractivity contribution is -0.113. The molecular weight excluding hydrogens is 422 g/mol. The van der Waals surface area contributed by atoms with E-state index in [9.17, 15) is 14.4 Å². The summed E-state index contributed by atoms with van der Waals surface area (Å²) in [5.74, 6) is -0.396. The molecule has 132 valence electrons. The maximum atomic E-state index is 12.0. The largest absolute Gasteiger partial charge is 0.325 e. The Labute approximate surface area is 159 Å². The second-order valence-electron chi connectivity index (χ2n) is 5.05. The summed E-state index contributed by atoms with van der Waals surface area (Å²) in [4.78, 5) is 47.4.